The number of halogens is 3. The molecule has 1 aliphatic heterocycles. The van der Waals surface area contributed by atoms with Gasteiger partial charge >= 0.3 is 6.18 Å². The average Bonchev–Trinajstić information content (AvgIpc) is 2.92. The van der Waals surface area contributed by atoms with Crippen molar-refractivity contribution in [3.05, 3.63) is 48.0 Å². The van der Waals surface area contributed by atoms with Crippen LogP contribution in [0.5, 0.6) is 11.5 Å². The van der Waals surface area contributed by atoms with Gasteiger partial charge in [-0.25, -0.2) is 8.42 Å². The summed E-state index contributed by atoms with van der Waals surface area (Å²) in [5.74, 6) is -0.959. The van der Waals surface area contributed by atoms with Crippen LogP contribution >= 0.6 is 0 Å². The first-order valence-electron chi connectivity index (χ1n) is 8.35. The summed E-state index contributed by atoms with van der Waals surface area (Å²) in [7, 11) is -4.00. The summed E-state index contributed by atoms with van der Waals surface area (Å²) in [5, 5.41) is 1.71. The normalized spacial score (nSPS) is 15.1. The van der Waals surface area contributed by atoms with Crippen molar-refractivity contribution < 1.29 is 35.9 Å². The first kappa shape index (κ1) is 20.8. The second kappa shape index (κ2) is 7.14. The number of benzene rings is 2. The van der Waals surface area contributed by atoms with Crippen LogP contribution in [0, 0.1) is 0 Å². The number of hydrogen-bond acceptors (Lipinski definition) is 5. The number of amides is 1. The summed E-state index contributed by atoms with van der Waals surface area (Å²) >= 11 is 0. The van der Waals surface area contributed by atoms with E-state index in [1.807, 2.05) is 0 Å². The van der Waals surface area contributed by atoms with Gasteiger partial charge in [0.25, 0.3) is 15.9 Å². The standard InChI is InChI=1S/C18H17F3N2O5S/c1-17(2)27-14-8-5-12(9-15(14)28-17)23-29(25,26)13-6-3-11(4-7-13)16(24)22-10-18(19,20)21/h3-9,23H,10H2,1-2H3,(H,22,24). The molecule has 0 aromatic heterocycles. The largest absolute Gasteiger partial charge is 0.449 e. The highest BCUT2D eigenvalue weighted by Gasteiger charge is 2.32. The van der Waals surface area contributed by atoms with Gasteiger partial charge < -0.3 is 14.8 Å². The summed E-state index contributed by atoms with van der Waals surface area (Å²) in [6.45, 7) is 1.95. The van der Waals surface area contributed by atoms with Gasteiger partial charge in [-0.15, -0.1) is 0 Å². The van der Waals surface area contributed by atoms with E-state index >= 15 is 0 Å². The summed E-state index contributed by atoms with van der Waals surface area (Å²) in [6, 6.07) is 9.05. The van der Waals surface area contributed by atoms with Gasteiger partial charge in [0, 0.05) is 25.5 Å². The van der Waals surface area contributed by atoms with Gasteiger partial charge in [0.05, 0.1) is 10.6 Å². The second-order valence-electron chi connectivity index (χ2n) is 6.69. The summed E-state index contributed by atoms with van der Waals surface area (Å²) in [5.41, 5.74) is 0.135. The minimum Gasteiger partial charge on any atom is -0.449 e. The molecule has 29 heavy (non-hydrogen) atoms. The molecule has 156 valence electrons. The average molecular weight is 430 g/mol. The van der Waals surface area contributed by atoms with Crippen LogP contribution in [0.25, 0.3) is 0 Å². The van der Waals surface area contributed by atoms with Crippen molar-refractivity contribution in [2.24, 2.45) is 0 Å². The third-order valence-corrected chi connectivity index (χ3v) is 5.18. The Bertz CT molecular complexity index is 1030. The van der Waals surface area contributed by atoms with Crippen molar-refractivity contribution in [2.75, 3.05) is 11.3 Å². The molecule has 2 aromatic rings. The molecule has 0 saturated carbocycles. The Hall–Kier alpha value is -2.95. The number of alkyl halides is 3. The third-order valence-electron chi connectivity index (χ3n) is 3.78. The Morgan fingerprint density at radius 3 is 2.28 bits per heavy atom. The fraction of sp³-hybridized carbons (Fsp3) is 0.278. The molecule has 0 saturated heterocycles. The van der Waals surface area contributed by atoms with E-state index in [1.54, 1.807) is 25.2 Å². The summed E-state index contributed by atoms with van der Waals surface area (Å²) in [4.78, 5) is 11.5. The number of ether oxygens (including phenoxy) is 2. The van der Waals surface area contributed by atoms with Crippen LogP contribution in [0.2, 0.25) is 0 Å². The van der Waals surface area contributed by atoms with E-state index in [2.05, 4.69) is 4.72 Å². The van der Waals surface area contributed by atoms with Crippen molar-refractivity contribution >= 4 is 21.6 Å². The van der Waals surface area contributed by atoms with Gasteiger partial charge in [-0.1, -0.05) is 0 Å². The van der Waals surface area contributed by atoms with Crippen molar-refractivity contribution in [3.63, 3.8) is 0 Å². The molecular weight excluding hydrogens is 413 g/mol. The van der Waals surface area contributed by atoms with Gasteiger partial charge in [0.1, 0.15) is 6.54 Å². The Morgan fingerprint density at radius 1 is 1.03 bits per heavy atom. The quantitative estimate of drug-likeness (QED) is 0.759. The predicted molar refractivity (Wildman–Crippen MR) is 97.4 cm³/mol. The highest BCUT2D eigenvalue weighted by molar-refractivity contribution is 7.92. The lowest BCUT2D eigenvalue weighted by Gasteiger charge is -2.16. The van der Waals surface area contributed by atoms with Crippen LogP contribution in [0.15, 0.2) is 47.4 Å². The lowest BCUT2D eigenvalue weighted by Crippen LogP contribution is -2.33. The number of hydrogen-bond donors (Lipinski definition) is 2. The first-order chi connectivity index (χ1) is 13.3. The molecule has 0 spiro atoms. The second-order valence-corrected chi connectivity index (χ2v) is 8.38. The zero-order valence-corrected chi connectivity index (χ0v) is 16.1. The van der Waals surface area contributed by atoms with Crippen LogP contribution in [0.4, 0.5) is 18.9 Å². The van der Waals surface area contributed by atoms with E-state index in [1.165, 1.54) is 12.1 Å². The van der Waals surface area contributed by atoms with Crippen molar-refractivity contribution in [1.82, 2.24) is 5.32 Å². The predicted octanol–water partition coefficient (Wildman–Crippen LogP) is 3.29. The molecule has 2 aromatic carbocycles. The minimum absolute atomic E-state index is 0.0986. The number of nitrogens with one attached hydrogen (secondary N) is 2. The smallest absolute Gasteiger partial charge is 0.405 e. The molecule has 0 aliphatic carbocycles. The van der Waals surface area contributed by atoms with Crippen LogP contribution in [-0.2, 0) is 10.0 Å². The molecule has 0 bridgehead atoms. The van der Waals surface area contributed by atoms with E-state index in [0.29, 0.717) is 11.5 Å². The van der Waals surface area contributed by atoms with Crippen molar-refractivity contribution in [2.45, 2.75) is 30.7 Å². The maximum atomic E-state index is 12.5. The molecule has 2 N–H and O–H groups in total. The van der Waals surface area contributed by atoms with E-state index in [0.717, 1.165) is 24.3 Å². The Kier molecular flexibility index (Phi) is 5.11. The van der Waals surface area contributed by atoms with E-state index < -0.39 is 34.4 Å². The van der Waals surface area contributed by atoms with Crippen LogP contribution in [-0.4, -0.2) is 32.8 Å². The number of sulfonamides is 1. The minimum atomic E-state index is -4.54. The lowest BCUT2D eigenvalue weighted by molar-refractivity contribution is -0.123. The van der Waals surface area contributed by atoms with Gasteiger partial charge in [-0.05, 0) is 36.4 Å². The molecule has 1 aliphatic rings. The zero-order valence-electron chi connectivity index (χ0n) is 15.3. The van der Waals surface area contributed by atoms with Crippen molar-refractivity contribution in [3.8, 4) is 11.5 Å². The fourth-order valence-electron chi connectivity index (χ4n) is 2.57. The molecule has 11 heteroatoms. The van der Waals surface area contributed by atoms with E-state index in [9.17, 15) is 26.4 Å². The maximum Gasteiger partial charge on any atom is 0.405 e. The number of carbonyl (C=O) groups is 1. The zero-order chi connectivity index (χ0) is 21.4. The SMILES string of the molecule is CC1(C)Oc2ccc(NS(=O)(=O)c3ccc(C(=O)NCC(F)(F)F)cc3)cc2O1. The molecule has 0 atom stereocenters. The molecule has 7 nitrogen and oxygen atoms in total. The highest BCUT2D eigenvalue weighted by Crippen LogP contribution is 2.40. The Labute approximate surface area is 164 Å². The lowest BCUT2D eigenvalue weighted by atomic mass is 10.2. The van der Waals surface area contributed by atoms with Crippen LogP contribution in [0.1, 0.15) is 24.2 Å². The van der Waals surface area contributed by atoms with Crippen LogP contribution < -0.4 is 19.5 Å². The maximum absolute atomic E-state index is 12.5. The van der Waals surface area contributed by atoms with E-state index in [-0.39, 0.29) is 16.1 Å². The van der Waals surface area contributed by atoms with Gasteiger partial charge in [0.2, 0.25) is 5.79 Å². The van der Waals surface area contributed by atoms with Gasteiger partial charge in [0.15, 0.2) is 11.5 Å². The molecule has 0 radical (unpaired) electrons. The molecule has 0 unspecified atom stereocenters. The van der Waals surface area contributed by atoms with Crippen molar-refractivity contribution in [1.29, 1.82) is 0 Å². The Morgan fingerprint density at radius 2 is 1.66 bits per heavy atom. The number of carbonyl (C=O) groups excluding carboxylic acids is 1. The first-order valence-corrected chi connectivity index (χ1v) is 9.83. The van der Waals surface area contributed by atoms with Gasteiger partial charge in [-0.2, -0.15) is 13.2 Å². The summed E-state index contributed by atoms with van der Waals surface area (Å²) in [6.07, 6.45) is -4.54. The molecule has 3 rings (SSSR count). The fourth-order valence-corrected chi connectivity index (χ4v) is 3.62. The van der Waals surface area contributed by atoms with Crippen LogP contribution in [0.3, 0.4) is 0 Å². The molecule has 1 heterocycles. The molecule has 0 fully saturated rings. The number of anilines is 1. The number of rotatable bonds is 5. The topological polar surface area (TPSA) is 93.7 Å². The Balaban J connectivity index is 1.71. The van der Waals surface area contributed by atoms with Gasteiger partial charge in [-0.3, -0.25) is 9.52 Å². The van der Waals surface area contributed by atoms with E-state index in [4.69, 9.17) is 9.47 Å². The number of fused-ring (bicyclic) bond motifs is 1. The highest BCUT2D eigenvalue weighted by atomic mass is 32.2. The monoisotopic (exact) mass is 430 g/mol. The molecule has 1 amide bonds. The summed E-state index contributed by atoms with van der Waals surface area (Å²) < 4.78 is 75.0. The molecular formula is C18H17F3N2O5S. The third kappa shape index (κ3) is 5.11.